The average molecular weight is 425 g/mol. The van der Waals surface area contributed by atoms with Crippen LogP contribution in [0.5, 0.6) is 0 Å². The van der Waals surface area contributed by atoms with Gasteiger partial charge >= 0.3 is 0 Å². The van der Waals surface area contributed by atoms with Gasteiger partial charge in [-0.2, -0.15) is 5.01 Å². The molecule has 1 aliphatic heterocycles. The summed E-state index contributed by atoms with van der Waals surface area (Å²) in [6.07, 6.45) is 12.6. The first-order chi connectivity index (χ1) is 14.6. The number of hydrogen-bond donors (Lipinski definition) is 1. The second-order valence-corrected chi connectivity index (χ2v) is 7.29. The largest absolute Gasteiger partial charge is 0.464 e. The van der Waals surface area contributed by atoms with Crippen LogP contribution in [0.15, 0.2) is 75.1 Å². The Labute approximate surface area is 179 Å². The van der Waals surface area contributed by atoms with Crippen LogP contribution in [0.25, 0.3) is 0 Å². The maximum absolute atomic E-state index is 10.9. The molecule has 1 unspecified atom stereocenters. The van der Waals surface area contributed by atoms with E-state index in [0.29, 0.717) is 35.3 Å². The van der Waals surface area contributed by atoms with Gasteiger partial charge in [0.25, 0.3) is 0 Å². The Hall–Kier alpha value is -3.00. The first-order valence-corrected chi connectivity index (χ1v) is 9.93. The second kappa shape index (κ2) is 9.21. The number of carbonyl (C=O) groups excluding carboxylic acids is 1. The van der Waals surface area contributed by atoms with E-state index in [1.807, 2.05) is 48.5 Å². The molecule has 2 aliphatic rings. The summed E-state index contributed by atoms with van der Waals surface area (Å²) >= 11 is 6.06. The van der Waals surface area contributed by atoms with E-state index >= 15 is 0 Å². The fourth-order valence-corrected chi connectivity index (χ4v) is 3.40. The molecule has 8 heteroatoms. The maximum Gasteiger partial charge on any atom is 0.186 e. The number of halogens is 1. The summed E-state index contributed by atoms with van der Waals surface area (Å²) in [7, 11) is 1.87. The number of fused-ring (bicyclic) bond motifs is 1. The lowest BCUT2D eigenvalue weighted by molar-refractivity contribution is -0.0782. The number of carbonyl (C=O) groups is 1. The van der Waals surface area contributed by atoms with E-state index in [-0.39, 0.29) is 0 Å². The summed E-state index contributed by atoms with van der Waals surface area (Å²) in [6.45, 7) is 0.448. The summed E-state index contributed by atoms with van der Waals surface area (Å²) in [5, 5.41) is 2.52. The number of aldehydes is 1. The van der Waals surface area contributed by atoms with E-state index < -0.39 is 6.23 Å². The van der Waals surface area contributed by atoms with Gasteiger partial charge in [-0.15, -0.1) is 0 Å². The third-order valence-electron chi connectivity index (χ3n) is 4.74. The van der Waals surface area contributed by atoms with Crippen molar-refractivity contribution < 1.29 is 13.9 Å². The van der Waals surface area contributed by atoms with Gasteiger partial charge in [-0.1, -0.05) is 23.8 Å². The van der Waals surface area contributed by atoms with E-state index in [0.717, 1.165) is 29.5 Å². The molecule has 0 spiro atoms. The Balaban J connectivity index is 1.47. The molecule has 0 saturated carbocycles. The van der Waals surface area contributed by atoms with Crippen LogP contribution in [-0.4, -0.2) is 35.8 Å². The second-order valence-electron chi connectivity index (χ2n) is 6.85. The van der Waals surface area contributed by atoms with Gasteiger partial charge in [0.1, 0.15) is 5.69 Å². The van der Waals surface area contributed by atoms with E-state index in [1.165, 1.54) is 0 Å². The fraction of sp³-hybridized carbons (Fsp3) is 0.227. The molecule has 0 bridgehead atoms. The van der Waals surface area contributed by atoms with E-state index in [9.17, 15) is 4.79 Å². The molecule has 1 aliphatic carbocycles. The van der Waals surface area contributed by atoms with Gasteiger partial charge in [0.05, 0.1) is 24.1 Å². The third-order valence-corrected chi connectivity index (χ3v) is 5.02. The van der Waals surface area contributed by atoms with Crippen LogP contribution in [-0.2, 0) is 11.2 Å². The lowest BCUT2D eigenvalue weighted by Gasteiger charge is -2.33. The highest BCUT2D eigenvalue weighted by molar-refractivity contribution is 6.31. The van der Waals surface area contributed by atoms with Crippen LogP contribution in [0.4, 0.5) is 0 Å². The molecule has 3 heterocycles. The molecule has 0 radical (unpaired) electrons. The van der Waals surface area contributed by atoms with Gasteiger partial charge in [0, 0.05) is 18.3 Å². The minimum atomic E-state index is -0.406. The van der Waals surface area contributed by atoms with Gasteiger partial charge in [-0.3, -0.25) is 15.2 Å². The highest BCUT2D eigenvalue weighted by Gasteiger charge is 2.32. The van der Waals surface area contributed by atoms with Crippen molar-refractivity contribution in [2.24, 2.45) is 4.99 Å². The lowest BCUT2D eigenvalue weighted by Crippen LogP contribution is -2.47. The number of hydrogen-bond acceptors (Lipinski definition) is 6. The SMILES string of the molecule is CN1NC(=NC2=CCC=C(Cl)C=C2)c2ccoc2C1OCCc1ccnc(C=O)c1. The number of rotatable bonds is 6. The van der Waals surface area contributed by atoms with Crippen molar-refractivity contribution >= 4 is 23.7 Å². The van der Waals surface area contributed by atoms with E-state index in [2.05, 4.69) is 10.4 Å². The van der Waals surface area contributed by atoms with Crippen LogP contribution in [0.1, 0.15) is 40.0 Å². The van der Waals surface area contributed by atoms with Gasteiger partial charge in [-0.25, -0.2) is 4.99 Å². The van der Waals surface area contributed by atoms with Gasteiger partial charge in [-0.05, 0) is 48.8 Å². The minimum absolute atomic E-state index is 0.406. The number of furan rings is 1. The number of hydrazine groups is 1. The Bertz CT molecular complexity index is 1050. The molecular weight excluding hydrogens is 404 g/mol. The van der Waals surface area contributed by atoms with Crippen LogP contribution >= 0.6 is 11.6 Å². The van der Waals surface area contributed by atoms with Crippen molar-refractivity contribution in [2.45, 2.75) is 19.1 Å². The molecule has 4 rings (SSSR count). The highest BCUT2D eigenvalue weighted by Crippen LogP contribution is 2.29. The molecule has 154 valence electrons. The molecule has 0 amide bonds. The Morgan fingerprint density at radius 1 is 1.40 bits per heavy atom. The molecule has 2 aromatic rings. The smallest absolute Gasteiger partial charge is 0.186 e. The predicted octanol–water partition coefficient (Wildman–Crippen LogP) is 3.91. The zero-order valence-corrected chi connectivity index (χ0v) is 17.2. The number of aliphatic imine (C=N–C) groups is 1. The van der Waals surface area contributed by atoms with Crippen molar-refractivity contribution in [2.75, 3.05) is 13.7 Å². The van der Waals surface area contributed by atoms with Crippen molar-refractivity contribution in [1.29, 1.82) is 0 Å². The molecule has 2 aromatic heterocycles. The molecule has 0 fully saturated rings. The molecule has 7 nitrogen and oxygen atoms in total. The summed E-state index contributed by atoms with van der Waals surface area (Å²) in [6, 6.07) is 5.50. The summed E-state index contributed by atoms with van der Waals surface area (Å²) < 4.78 is 11.8. The monoisotopic (exact) mass is 424 g/mol. The normalized spacial score (nSPS) is 20.2. The first-order valence-electron chi connectivity index (χ1n) is 9.55. The molecule has 0 saturated heterocycles. The van der Waals surface area contributed by atoms with Gasteiger partial charge < -0.3 is 9.15 Å². The van der Waals surface area contributed by atoms with Crippen LogP contribution in [0.3, 0.4) is 0 Å². The number of allylic oxidation sites excluding steroid dienone is 5. The first kappa shape index (κ1) is 20.3. The summed E-state index contributed by atoms with van der Waals surface area (Å²) in [4.78, 5) is 19.6. The van der Waals surface area contributed by atoms with Gasteiger partial charge in [0.2, 0.25) is 0 Å². The molecule has 30 heavy (non-hydrogen) atoms. The molecule has 1 atom stereocenters. The van der Waals surface area contributed by atoms with E-state index in [4.69, 9.17) is 25.7 Å². The number of nitrogens with zero attached hydrogens (tertiary/aromatic N) is 3. The standard InChI is InChI=1S/C22H21ClN4O3/c1-27-22(30-11-8-15-7-10-24-18(13-15)14-28)20-19(9-12-29-20)21(26-27)25-17-4-2-3-16(23)5-6-17/h3-7,9-10,12-14,22H,2,8,11H2,1H3,(H,25,26). The number of ether oxygens (including phenoxy) is 1. The third kappa shape index (κ3) is 4.59. The Morgan fingerprint density at radius 3 is 3.17 bits per heavy atom. The molecule has 0 aromatic carbocycles. The zero-order chi connectivity index (χ0) is 20.9. The van der Waals surface area contributed by atoms with Crippen molar-refractivity contribution in [3.63, 3.8) is 0 Å². The van der Waals surface area contributed by atoms with Crippen molar-refractivity contribution in [3.05, 3.63) is 88.3 Å². The molecule has 1 N–H and O–H groups in total. The quantitative estimate of drug-likeness (QED) is 0.708. The van der Waals surface area contributed by atoms with Crippen molar-refractivity contribution in [3.8, 4) is 0 Å². The number of amidine groups is 1. The topological polar surface area (TPSA) is 80.0 Å². The maximum atomic E-state index is 10.9. The molecular formula is C22H21ClN4O3. The number of aromatic nitrogens is 1. The Kier molecular flexibility index (Phi) is 6.23. The van der Waals surface area contributed by atoms with Crippen molar-refractivity contribution in [1.82, 2.24) is 15.4 Å². The average Bonchev–Trinajstić information content (AvgIpc) is 3.15. The summed E-state index contributed by atoms with van der Waals surface area (Å²) in [5.41, 5.74) is 6.33. The minimum Gasteiger partial charge on any atom is -0.464 e. The Morgan fingerprint density at radius 2 is 2.30 bits per heavy atom. The predicted molar refractivity (Wildman–Crippen MR) is 114 cm³/mol. The lowest BCUT2D eigenvalue weighted by atomic mass is 10.1. The number of nitrogens with one attached hydrogen (secondary N) is 1. The van der Waals surface area contributed by atoms with Crippen LogP contribution in [0, 0.1) is 0 Å². The van der Waals surface area contributed by atoms with Gasteiger partial charge in [0.15, 0.2) is 24.1 Å². The fourth-order valence-electron chi connectivity index (χ4n) is 3.25. The van der Waals surface area contributed by atoms with E-state index in [1.54, 1.807) is 18.5 Å². The highest BCUT2D eigenvalue weighted by atomic mass is 35.5. The number of pyridine rings is 1. The zero-order valence-electron chi connectivity index (χ0n) is 16.4. The van der Waals surface area contributed by atoms with Crippen LogP contribution in [0.2, 0.25) is 0 Å². The van der Waals surface area contributed by atoms with Crippen LogP contribution < -0.4 is 5.43 Å². The summed E-state index contributed by atoms with van der Waals surface area (Å²) in [5.74, 6) is 1.37.